The summed E-state index contributed by atoms with van der Waals surface area (Å²) >= 11 is 0. The smallest absolute Gasteiger partial charge is 0.262 e. The zero-order chi connectivity index (χ0) is 21.2. The van der Waals surface area contributed by atoms with E-state index < -0.39 is 0 Å². The van der Waals surface area contributed by atoms with Crippen molar-refractivity contribution < 1.29 is 14.3 Å². The first-order chi connectivity index (χ1) is 14.6. The molecule has 0 atom stereocenters. The van der Waals surface area contributed by atoms with E-state index in [0.29, 0.717) is 24.0 Å². The van der Waals surface area contributed by atoms with E-state index in [1.807, 2.05) is 66.7 Å². The largest absolute Gasteiger partial charge is 0.491 e. The van der Waals surface area contributed by atoms with Crippen molar-refractivity contribution in [1.29, 1.82) is 0 Å². The molecule has 0 aliphatic carbocycles. The molecule has 4 heteroatoms. The lowest BCUT2D eigenvalue weighted by Gasteiger charge is -2.15. The van der Waals surface area contributed by atoms with Crippen LogP contribution in [0, 0.1) is 0 Å². The number of carbonyl (C=O) groups excluding carboxylic acids is 1. The monoisotopic (exact) mass is 403 g/mol. The Balaban J connectivity index is 1.51. The second-order valence-electron chi connectivity index (χ2n) is 7.46. The van der Waals surface area contributed by atoms with Crippen LogP contribution in [0.3, 0.4) is 0 Å². The van der Waals surface area contributed by atoms with Crippen LogP contribution >= 0.6 is 0 Å². The minimum absolute atomic E-state index is 0.0495. The van der Waals surface area contributed by atoms with E-state index in [0.717, 1.165) is 24.2 Å². The van der Waals surface area contributed by atoms with E-state index in [-0.39, 0.29) is 12.5 Å². The number of para-hydroxylation sites is 3. The quantitative estimate of drug-likeness (QED) is 0.433. The van der Waals surface area contributed by atoms with Crippen LogP contribution in [0.2, 0.25) is 0 Å². The van der Waals surface area contributed by atoms with Crippen molar-refractivity contribution in [2.24, 2.45) is 0 Å². The van der Waals surface area contributed by atoms with Crippen LogP contribution in [0.25, 0.3) is 0 Å². The summed E-state index contributed by atoms with van der Waals surface area (Å²) < 4.78 is 11.7. The lowest BCUT2D eigenvalue weighted by molar-refractivity contribution is -0.118. The maximum atomic E-state index is 12.4. The van der Waals surface area contributed by atoms with Gasteiger partial charge in [-0.3, -0.25) is 4.79 Å². The third kappa shape index (κ3) is 6.38. The Kier molecular flexibility index (Phi) is 7.90. The topological polar surface area (TPSA) is 47.6 Å². The molecule has 0 bridgehead atoms. The first kappa shape index (κ1) is 21.4. The summed E-state index contributed by atoms with van der Waals surface area (Å²) in [5, 5.41) is 2.90. The van der Waals surface area contributed by atoms with Crippen molar-refractivity contribution in [3.63, 3.8) is 0 Å². The Bertz CT molecular complexity index is 938. The Morgan fingerprint density at radius 2 is 1.50 bits per heavy atom. The van der Waals surface area contributed by atoms with Crippen molar-refractivity contribution in [2.45, 2.75) is 32.6 Å². The maximum Gasteiger partial charge on any atom is 0.262 e. The van der Waals surface area contributed by atoms with Crippen LogP contribution in [0.15, 0.2) is 78.9 Å². The average molecular weight is 404 g/mol. The molecule has 0 saturated carbocycles. The standard InChI is InChI=1S/C26H29NO3/c1-20(2)22-14-6-8-16-24(22)30-19-26(28)27-23-15-7-9-17-25(23)29-18-10-13-21-11-4-3-5-12-21/h3-9,11-12,14-17,20H,10,13,18-19H2,1-2H3,(H,27,28). The molecule has 3 aromatic rings. The van der Waals surface area contributed by atoms with Crippen LogP contribution in [0.4, 0.5) is 5.69 Å². The SMILES string of the molecule is CC(C)c1ccccc1OCC(=O)Nc1ccccc1OCCCc1ccccc1. The van der Waals surface area contributed by atoms with Crippen molar-refractivity contribution in [2.75, 3.05) is 18.5 Å². The van der Waals surface area contributed by atoms with Gasteiger partial charge < -0.3 is 14.8 Å². The van der Waals surface area contributed by atoms with Crippen LogP contribution in [-0.4, -0.2) is 19.1 Å². The van der Waals surface area contributed by atoms with Gasteiger partial charge in [-0.15, -0.1) is 0 Å². The lowest BCUT2D eigenvalue weighted by atomic mass is 10.0. The van der Waals surface area contributed by atoms with Gasteiger partial charge >= 0.3 is 0 Å². The molecule has 0 aromatic heterocycles. The summed E-state index contributed by atoms with van der Waals surface area (Å²) in [5.41, 5.74) is 3.04. The molecular weight excluding hydrogens is 374 g/mol. The normalized spacial score (nSPS) is 10.6. The summed E-state index contributed by atoms with van der Waals surface area (Å²) in [4.78, 5) is 12.4. The maximum absolute atomic E-state index is 12.4. The Morgan fingerprint density at radius 1 is 0.833 bits per heavy atom. The summed E-state index contributed by atoms with van der Waals surface area (Å²) in [7, 11) is 0. The molecule has 0 saturated heterocycles. The van der Waals surface area contributed by atoms with Gasteiger partial charge in [-0.05, 0) is 48.1 Å². The molecule has 3 rings (SSSR count). The highest BCUT2D eigenvalue weighted by atomic mass is 16.5. The molecule has 3 aromatic carbocycles. The number of nitrogens with one attached hydrogen (secondary N) is 1. The van der Waals surface area contributed by atoms with Gasteiger partial charge in [0, 0.05) is 0 Å². The van der Waals surface area contributed by atoms with Gasteiger partial charge in [-0.25, -0.2) is 0 Å². The van der Waals surface area contributed by atoms with Crippen molar-refractivity contribution in [1.82, 2.24) is 0 Å². The number of hydrogen-bond donors (Lipinski definition) is 1. The predicted molar refractivity (Wildman–Crippen MR) is 121 cm³/mol. The number of amides is 1. The third-order valence-electron chi connectivity index (χ3n) is 4.77. The van der Waals surface area contributed by atoms with E-state index in [1.54, 1.807) is 0 Å². The van der Waals surface area contributed by atoms with Crippen molar-refractivity contribution in [3.8, 4) is 11.5 Å². The van der Waals surface area contributed by atoms with Crippen LogP contribution in [0.5, 0.6) is 11.5 Å². The fraction of sp³-hybridized carbons (Fsp3) is 0.269. The van der Waals surface area contributed by atoms with E-state index in [1.165, 1.54) is 5.56 Å². The van der Waals surface area contributed by atoms with E-state index in [2.05, 4.69) is 31.3 Å². The highest BCUT2D eigenvalue weighted by Gasteiger charge is 2.11. The number of carbonyl (C=O) groups is 1. The van der Waals surface area contributed by atoms with E-state index >= 15 is 0 Å². The Morgan fingerprint density at radius 3 is 2.27 bits per heavy atom. The molecule has 0 heterocycles. The zero-order valence-corrected chi connectivity index (χ0v) is 17.6. The molecule has 1 amide bonds. The average Bonchev–Trinajstić information content (AvgIpc) is 2.77. The van der Waals surface area contributed by atoms with Gasteiger partial charge in [0.25, 0.3) is 5.91 Å². The molecular formula is C26H29NO3. The zero-order valence-electron chi connectivity index (χ0n) is 17.6. The predicted octanol–water partition coefficient (Wildman–Crippen LogP) is 5.84. The van der Waals surface area contributed by atoms with Crippen LogP contribution in [-0.2, 0) is 11.2 Å². The van der Waals surface area contributed by atoms with Gasteiger partial charge in [0.15, 0.2) is 6.61 Å². The molecule has 4 nitrogen and oxygen atoms in total. The van der Waals surface area contributed by atoms with Crippen molar-refractivity contribution in [3.05, 3.63) is 90.0 Å². The molecule has 156 valence electrons. The van der Waals surface area contributed by atoms with Gasteiger partial charge in [0.05, 0.1) is 12.3 Å². The van der Waals surface area contributed by atoms with Gasteiger partial charge in [-0.1, -0.05) is 74.5 Å². The summed E-state index contributed by atoms with van der Waals surface area (Å²) in [6, 6.07) is 25.6. The number of hydrogen-bond acceptors (Lipinski definition) is 3. The van der Waals surface area contributed by atoms with Gasteiger partial charge in [-0.2, -0.15) is 0 Å². The van der Waals surface area contributed by atoms with Crippen LogP contribution < -0.4 is 14.8 Å². The fourth-order valence-electron chi connectivity index (χ4n) is 3.22. The lowest BCUT2D eigenvalue weighted by Crippen LogP contribution is -2.21. The Labute approximate surface area is 178 Å². The number of aryl methyl sites for hydroxylation is 1. The molecule has 0 radical (unpaired) electrons. The number of benzene rings is 3. The summed E-state index contributed by atoms with van der Waals surface area (Å²) in [6.45, 7) is 4.74. The second-order valence-corrected chi connectivity index (χ2v) is 7.46. The molecule has 0 aliphatic rings. The number of anilines is 1. The highest BCUT2D eigenvalue weighted by Crippen LogP contribution is 2.26. The molecule has 0 unspecified atom stereocenters. The van der Waals surface area contributed by atoms with Gasteiger partial charge in [0.1, 0.15) is 11.5 Å². The van der Waals surface area contributed by atoms with E-state index in [9.17, 15) is 4.79 Å². The molecule has 1 N–H and O–H groups in total. The third-order valence-corrected chi connectivity index (χ3v) is 4.77. The summed E-state index contributed by atoms with van der Waals surface area (Å²) in [5.74, 6) is 1.53. The van der Waals surface area contributed by atoms with E-state index in [4.69, 9.17) is 9.47 Å². The second kappa shape index (κ2) is 11.1. The summed E-state index contributed by atoms with van der Waals surface area (Å²) in [6.07, 6.45) is 1.86. The van der Waals surface area contributed by atoms with Crippen molar-refractivity contribution >= 4 is 11.6 Å². The molecule has 0 spiro atoms. The molecule has 30 heavy (non-hydrogen) atoms. The van der Waals surface area contributed by atoms with Crippen LogP contribution in [0.1, 0.15) is 37.3 Å². The Hall–Kier alpha value is -3.27. The fourth-order valence-corrected chi connectivity index (χ4v) is 3.22. The van der Waals surface area contributed by atoms with Gasteiger partial charge in [0.2, 0.25) is 0 Å². The molecule has 0 aliphatic heterocycles. The first-order valence-corrected chi connectivity index (χ1v) is 10.4. The number of ether oxygens (including phenoxy) is 2. The minimum atomic E-state index is -0.214. The minimum Gasteiger partial charge on any atom is -0.491 e. The molecule has 0 fully saturated rings. The highest BCUT2D eigenvalue weighted by molar-refractivity contribution is 5.93. The first-order valence-electron chi connectivity index (χ1n) is 10.4. The number of rotatable bonds is 10.